The first-order chi connectivity index (χ1) is 12.9. The predicted octanol–water partition coefficient (Wildman–Crippen LogP) is 2.17. The van der Waals surface area contributed by atoms with E-state index in [0.29, 0.717) is 24.3 Å². The van der Waals surface area contributed by atoms with Crippen LogP contribution in [-0.4, -0.2) is 74.5 Å². The van der Waals surface area contributed by atoms with Crippen molar-refractivity contribution < 1.29 is 4.79 Å². The first-order valence-electron chi connectivity index (χ1n) is 10.8. The van der Waals surface area contributed by atoms with Crippen molar-refractivity contribution in [1.29, 1.82) is 0 Å². The summed E-state index contributed by atoms with van der Waals surface area (Å²) in [5.41, 5.74) is 0. The molecule has 0 saturated carbocycles. The van der Waals surface area contributed by atoms with Crippen LogP contribution < -0.4 is 10.6 Å². The van der Waals surface area contributed by atoms with E-state index in [2.05, 4.69) is 46.2 Å². The lowest BCUT2D eigenvalue weighted by molar-refractivity contribution is -0.121. The molecule has 0 aromatic rings. The molecule has 6 nitrogen and oxygen atoms in total. The Hall–Kier alpha value is -1.30. The Bertz CT molecular complexity index is 477. The fraction of sp³-hybridized carbons (Fsp3) is 0.905. The molecular formula is C21H41N5O. The van der Waals surface area contributed by atoms with Crippen molar-refractivity contribution in [2.24, 2.45) is 22.7 Å². The molecule has 2 fully saturated rings. The smallest absolute Gasteiger partial charge is 0.220 e. The topological polar surface area (TPSA) is 60.0 Å². The largest absolute Gasteiger partial charge is 0.359 e. The lowest BCUT2D eigenvalue weighted by Gasteiger charge is -2.40. The maximum atomic E-state index is 11.6. The molecule has 0 aromatic heterocycles. The van der Waals surface area contributed by atoms with Crippen LogP contribution in [0.2, 0.25) is 0 Å². The lowest BCUT2D eigenvalue weighted by atomic mass is 9.93. The van der Waals surface area contributed by atoms with Gasteiger partial charge >= 0.3 is 0 Å². The SMILES string of the molecule is CN=C(NCC(C(C)C)N1CCC(C)CC1)N1CCC(CC(=O)NC)CC1. The molecule has 0 spiro atoms. The van der Waals surface area contributed by atoms with Crippen LogP contribution in [0.25, 0.3) is 0 Å². The summed E-state index contributed by atoms with van der Waals surface area (Å²) in [5, 5.41) is 6.39. The highest BCUT2D eigenvalue weighted by atomic mass is 16.1. The third kappa shape index (κ3) is 6.66. The number of aliphatic imine (C=N–C) groups is 1. The number of piperidine rings is 2. The van der Waals surface area contributed by atoms with Gasteiger partial charge in [-0.3, -0.25) is 14.7 Å². The van der Waals surface area contributed by atoms with Crippen LogP contribution in [0.15, 0.2) is 4.99 Å². The highest BCUT2D eigenvalue weighted by molar-refractivity contribution is 5.80. The summed E-state index contributed by atoms with van der Waals surface area (Å²) in [5.74, 6) is 3.17. The molecule has 2 heterocycles. The van der Waals surface area contributed by atoms with E-state index in [1.807, 2.05) is 7.05 Å². The fourth-order valence-corrected chi connectivity index (χ4v) is 4.39. The Morgan fingerprint density at radius 3 is 2.26 bits per heavy atom. The molecule has 2 aliphatic rings. The van der Waals surface area contributed by atoms with E-state index < -0.39 is 0 Å². The first kappa shape index (κ1) is 22.0. The molecule has 0 radical (unpaired) electrons. The van der Waals surface area contributed by atoms with Gasteiger partial charge in [-0.15, -0.1) is 0 Å². The zero-order chi connectivity index (χ0) is 19.8. The number of amides is 1. The van der Waals surface area contributed by atoms with Gasteiger partial charge in [0.1, 0.15) is 0 Å². The van der Waals surface area contributed by atoms with Gasteiger partial charge in [0.2, 0.25) is 5.91 Å². The lowest BCUT2D eigenvalue weighted by Crippen LogP contribution is -2.53. The normalized spacial score (nSPS) is 22.1. The molecule has 2 rings (SSSR count). The maximum Gasteiger partial charge on any atom is 0.220 e. The van der Waals surface area contributed by atoms with E-state index in [4.69, 9.17) is 0 Å². The third-order valence-electron chi connectivity index (χ3n) is 6.40. The van der Waals surface area contributed by atoms with Gasteiger partial charge in [-0.1, -0.05) is 20.8 Å². The monoisotopic (exact) mass is 379 g/mol. The first-order valence-corrected chi connectivity index (χ1v) is 10.8. The molecule has 2 saturated heterocycles. The van der Waals surface area contributed by atoms with Gasteiger partial charge in [0.05, 0.1) is 0 Å². The van der Waals surface area contributed by atoms with Gasteiger partial charge in [0.15, 0.2) is 5.96 Å². The minimum atomic E-state index is 0.159. The fourth-order valence-electron chi connectivity index (χ4n) is 4.39. The Labute approximate surface area is 166 Å². The summed E-state index contributed by atoms with van der Waals surface area (Å²) in [7, 11) is 3.60. The second kappa shape index (κ2) is 10.9. The summed E-state index contributed by atoms with van der Waals surface area (Å²) >= 11 is 0. The van der Waals surface area contributed by atoms with Crippen molar-refractivity contribution in [3.8, 4) is 0 Å². The minimum absolute atomic E-state index is 0.159. The molecule has 0 aromatic carbocycles. The number of carbonyl (C=O) groups is 1. The van der Waals surface area contributed by atoms with Crippen molar-refractivity contribution in [2.45, 2.75) is 58.9 Å². The van der Waals surface area contributed by atoms with Gasteiger partial charge in [-0.25, -0.2) is 0 Å². The van der Waals surface area contributed by atoms with Gasteiger partial charge in [0, 0.05) is 46.2 Å². The molecule has 0 aliphatic carbocycles. The molecular weight excluding hydrogens is 338 g/mol. The second-order valence-corrected chi connectivity index (χ2v) is 8.77. The molecule has 1 atom stereocenters. The number of guanidine groups is 1. The summed E-state index contributed by atoms with van der Waals surface area (Å²) < 4.78 is 0. The standard InChI is InChI=1S/C21H41N5O/c1-16(2)19(25-10-6-17(3)7-11-25)15-24-21(23-5)26-12-8-18(9-13-26)14-20(27)22-4/h16-19H,6-15H2,1-5H3,(H,22,27)(H,23,24). The minimum Gasteiger partial charge on any atom is -0.359 e. The Balaban J connectivity index is 1.82. The maximum absolute atomic E-state index is 11.6. The molecule has 156 valence electrons. The van der Waals surface area contributed by atoms with Crippen LogP contribution in [0, 0.1) is 17.8 Å². The van der Waals surface area contributed by atoms with Crippen molar-refractivity contribution >= 4 is 11.9 Å². The number of nitrogens with zero attached hydrogens (tertiary/aromatic N) is 3. The summed E-state index contributed by atoms with van der Waals surface area (Å²) in [6.45, 7) is 12.4. The van der Waals surface area contributed by atoms with Crippen molar-refractivity contribution in [2.75, 3.05) is 46.8 Å². The molecule has 1 amide bonds. The number of carbonyl (C=O) groups excluding carboxylic acids is 1. The average molecular weight is 380 g/mol. The second-order valence-electron chi connectivity index (χ2n) is 8.77. The molecule has 1 unspecified atom stereocenters. The molecule has 27 heavy (non-hydrogen) atoms. The van der Waals surface area contributed by atoms with E-state index >= 15 is 0 Å². The number of likely N-dealkylation sites (tertiary alicyclic amines) is 2. The van der Waals surface area contributed by atoms with Crippen LogP contribution in [-0.2, 0) is 4.79 Å². The van der Waals surface area contributed by atoms with Gasteiger partial charge < -0.3 is 15.5 Å². The Kier molecular flexibility index (Phi) is 8.87. The van der Waals surface area contributed by atoms with E-state index in [1.165, 1.54) is 25.9 Å². The number of nitrogens with one attached hydrogen (secondary N) is 2. The van der Waals surface area contributed by atoms with E-state index in [1.54, 1.807) is 7.05 Å². The number of hydrogen-bond acceptors (Lipinski definition) is 3. The van der Waals surface area contributed by atoms with Crippen molar-refractivity contribution in [3.05, 3.63) is 0 Å². The molecule has 2 aliphatic heterocycles. The highest BCUT2D eigenvalue weighted by Gasteiger charge is 2.27. The number of rotatable bonds is 6. The number of hydrogen-bond donors (Lipinski definition) is 2. The van der Waals surface area contributed by atoms with Crippen LogP contribution in [0.3, 0.4) is 0 Å². The average Bonchev–Trinajstić information content (AvgIpc) is 2.67. The van der Waals surface area contributed by atoms with E-state index in [-0.39, 0.29) is 5.91 Å². The summed E-state index contributed by atoms with van der Waals surface area (Å²) in [6.07, 6.45) is 5.41. The third-order valence-corrected chi connectivity index (χ3v) is 6.40. The Morgan fingerprint density at radius 1 is 1.11 bits per heavy atom. The van der Waals surface area contributed by atoms with E-state index in [0.717, 1.165) is 44.4 Å². The zero-order valence-corrected chi connectivity index (χ0v) is 18.1. The Morgan fingerprint density at radius 2 is 1.74 bits per heavy atom. The molecule has 0 bridgehead atoms. The predicted molar refractivity (Wildman–Crippen MR) is 113 cm³/mol. The van der Waals surface area contributed by atoms with Crippen LogP contribution in [0.5, 0.6) is 0 Å². The van der Waals surface area contributed by atoms with Gasteiger partial charge in [-0.2, -0.15) is 0 Å². The summed E-state index contributed by atoms with van der Waals surface area (Å²) in [4.78, 5) is 21.2. The van der Waals surface area contributed by atoms with Crippen LogP contribution >= 0.6 is 0 Å². The molecule has 6 heteroatoms. The summed E-state index contributed by atoms with van der Waals surface area (Å²) in [6, 6.07) is 0.556. The van der Waals surface area contributed by atoms with E-state index in [9.17, 15) is 4.79 Å². The van der Waals surface area contributed by atoms with Crippen LogP contribution in [0.1, 0.15) is 52.9 Å². The van der Waals surface area contributed by atoms with Gasteiger partial charge in [-0.05, 0) is 56.5 Å². The van der Waals surface area contributed by atoms with Crippen molar-refractivity contribution in [3.63, 3.8) is 0 Å². The highest BCUT2D eigenvalue weighted by Crippen LogP contribution is 2.22. The van der Waals surface area contributed by atoms with Gasteiger partial charge in [0.25, 0.3) is 0 Å². The zero-order valence-electron chi connectivity index (χ0n) is 18.1. The quantitative estimate of drug-likeness (QED) is 0.548. The van der Waals surface area contributed by atoms with Crippen molar-refractivity contribution in [1.82, 2.24) is 20.4 Å². The molecule has 2 N–H and O–H groups in total. The van der Waals surface area contributed by atoms with Crippen LogP contribution in [0.4, 0.5) is 0 Å².